The number of nitrogens with zero attached hydrogens (tertiary/aromatic N) is 6. The van der Waals surface area contributed by atoms with E-state index in [0.717, 1.165) is 57.2 Å². The van der Waals surface area contributed by atoms with Crippen LogP contribution >= 0.6 is 0 Å². The second kappa shape index (κ2) is 7.64. The molecule has 2 aromatic heterocycles. The Morgan fingerprint density at radius 3 is 2.81 bits per heavy atom. The van der Waals surface area contributed by atoms with E-state index in [2.05, 4.69) is 36.6 Å². The number of aromatic nitrogens is 4. The first-order valence-corrected chi connectivity index (χ1v) is 9.74. The van der Waals surface area contributed by atoms with E-state index in [-0.39, 0.29) is 5.92 Å². The van der Waals surface area contributed by atoms with Crippen molar-refractivity contribution in [3.8, 4) is 0 Å². The van der Waals surface area contributed by atoms with E-state index in [0.29, 0.717) is 11.4 Å². The van der Waals surface area contributed by atoms with Gasteiger partial charge in [0.1, 0.15) is 17.5 Å². The van der Waals surface area contributed by atoms with Crippen LogP contribution in [-0.2, 0) is 13.6 Å². The van der Waals surface area contributed by atoms with Crippen molar-refractivity contribution in [2.75, 3.05) is 31.1 Å². The van der Waals surface area contributed by atoms with Crippen LogP contribution in [0.5, 0.6) is 0 Å². The van der Waals surface area contributed by atoms with Crippen LogP contribution in [0, 0.1) is 0 Å². The van der Waals surface area contributed by atoms with Crippen molar-refractivity contribution in [3.05, 3.63) is 35.5 Å². The molecule has 8 heteroatoms. The summed E-state index contributed by atoms with van der Waals surface area (Å²) in [7, 11) is 2.06. The van der Waals surface area contributed by atoms with Crippen LogP contribution in [0.25, 0.3) is 0 Å². The number of hydrogen-bond donors (Lipinski definition) is 1. The highest BCUT2D eigenvalue weighted by atomic mass is 16.1. The fraction of sp³-hybridized carbons (Fsp3) is 0.579. The summed E-state index contributed by atoms with van der Waals surface area (Å²) in [5.41, 5.74) is 6.01. The van der Waals surface area contributed by atoms with Crippen molar-refractivity contribution >= 4 is 11.7 Å². The second-order valence-corrected chi connectivity index (χ2v) is 7.54. The number of rotatable bonds is 5. The number of anilines is 1. The van der Waals surface area contributed by atoms with Crippen LogP contribution in [-0.4, -0.2) is 56.7 Å². The molecule has 2 N–H and O–H groups in total. The standard InChI is InChI=1S/C19H27N7O/c1-24-16(13-25-9-2-3-10-25)22-23-18(24)14-6-5-11-26(12-14)19-15(17(20)27)7-4-8-21-19/h4,7-8,14H,2-3,5-6,9-13H2,1H3,(H2,20,27)/t14-/m1/s1. The van der Waals surface area contributed by atoms with E-state index < -0.39 is 5.91 Å². The van der Waals surface area contributed by atoms with Gasteiger partial charge in [0.15, 0.2) is 0 Å². The fourth-order valence-corrected chi connectivity index (χ4v) is 4.23. The molecular formula is C19H27N7O. The Morgan fingerprint density at radius 1 is 1.22 bits per heavy atom. The van der Waals surface area contributed by atoms with Gasteiger partial charge in [-0.05, 0) is 50.9 Å². The summed E-state index contributed by atoms with van der Waals surface area (Å²) in [4.78, 5) is 20.8. The predicted octanol–water partition coefficient (Wildman–Crippen LogP) is 1.29. The third kappa shape index (κ3) is 3.66. The number of piperidine rings is 1. The lowest BCUT2D eigenvalue weighted by Crippen LogP contribution is -2.37. The molecule has 2 saturated heterocycles. The number of nitrogens with two attached hydrogens (primary N) is 1. The quantitative estimate of drug-likeness (QED) is 0.854. The third-order valence-corrected chi connectivity index (χ3v) is 5.70. The summed E-state index contributed by atoms with van der Waals surface area (Å²) in [5.74, 6) is 2.55. The highest BCUT2D eigenvalue weighted by molar-refractivity contribution is 5.97. The smallest absolute Gasteiger partial charge is 0.252 e. The lowest BCUT2D eigenvalue weighted by Gasteiger charge is -2.33. The highest BCUT2D eigenvalue weighted by Gasteiger charge is 2.28. The molecule has 4 heterocycles. The van der Waals surface area contributed by atoms with Crippen molar-refractivity contribution in [1.29, 1.82) is 0 Å². The summed E-state index contributed by atoms with van der Waals surface area (Å²) in [5, 5.41) is 8.98. The molecule has 2 aliphatic heterocycles. The summed E-state index contributed by atoms with van der Waals surface area (Å²) < 4.78 is 2.15. The molecule has 27 heavy (non-hydrogen) atoms. The van der Waals surface area contributed by atoms with Gasteiger partial charge in [0.25, 0.3) is 5.91 Å². The Morgan fingerprint density at radius 2 is 2.04 bits per heavy atom. The summed E-state index contributed by atoms with van der Waals surface area (Å²) in [6.07, 6.45) is 6.34. The molecule has 0 bridgehead atoms. The molecule has 0 spiro atoms. The number of pyridine rings is 1. The maximum absolute atomic E-state index is 11.8. The minimum Gasteiger partial charge on any atom is -0.365 e. The van der Waals surface area contributed by atoms with Crippen LogP contribution in [0.2, 0.25) is 0 Å². The average Bonchev–Trinajstić information content (AvgIpc) is 3.33. The van der Waals surface area contributed by atoms with Crippen LogP contribution in [0.4, 0.5) is 5.82 Å². The van der Waals surface area contributed by atoms with Gasteiger partial charge in [-0.1, -0.05) is 0 Å². The summed E-state index contributed by atoms with van der Waals surface area (Å²) in [6.45, 7) is 4.80. The van der Waals surface area contributed by atoms with Crippen molar-refractivity contribution < 1.29 is 4.79 Å². The van der Waals surface area contributed by atoms with E-state index in [1.54, 1.807) is 18.3 Å². The van der Waals surface area contributed by atoms with Gasteiger partial charge in [-0.2, -0.15) is 0 Å². The molecular weight excluding hydrogens is 342 g/mol. The molecule has 2 aromatic rings. The molecule has 4 rings (SSSR count). The van der Waals surface area contributed by atoms with Crippen molar-refractivity contribution in [2.24, 2.45) is 12.8 Å². The fourth-order valence-electron chi connectivity index (χ4n) is 4.23. The van der Waals surface area contributed by atoms with Gasteiger partial charge in [-0.25, -0.2) is 4.98 Å². The van der Waals surface area contributed by atoms with Gasteiger partial charge in [-0.3, -0.25) is 9.69 Å². The van der Waals surface area contributed by atoms with E-state index >= 15 is 0 Å². The van der Waals surface area contributed by atoms with Crippen molar-refractivity contribution in [3.63, 3.8) is 0 Å². The third-order valence-electron chi connectivity index (χ3n) is 5.70. The van der Waals surface area contributed by atoms with Gasteiger partial charge in [0.2, 0.25) is 0 Å². The van der Waals surface area contributed by atoms with E-state index in [9.17, 15) is 4.79 Å². The van der Waals surface area contributed by atoms with Crippen molar-refractivity contribution in [1.82, 2.24) is 24.6 Å². The first-order valence-electron chi connectivity index (χ1n) is 9.74. The van der Waals surface area contributed by atoms with Crippen LogP contribution in [0.3, 0.4) is 0 Å². The van der Waals surface area contributed by atoms with Crippen molar-refractivity contribution in [2.45, 2.75) is 38.1 Å². The van der Waals surface area contributed by atoms with Gasteiger partial charge >= 0.3 is 0 Å². The van der Waals surface area contributed by atoms with Crippen LogP contribution in [0.15, 0.2) is 18.3 Å². The average molecular weight is 369 g/mol. The van der Waals surface area contributed by atoms with E-state index in [1.807, 2.05) is 0 Å². The molecule has 0 saturated carbocycles. The summed E-state index contributed by atoms with van der Waals surface area (Å²) >= 11 is 0. The maximum atomic E-state index is 11.8. The van der Waals surface area contributed by atoms with Gasteiger partial charge in [0.05, 0.1) is 12.1 Å². The van der Waals surface area contributed by atoms with Crippen LogP contribution < -0.4 is 10.6 Å². The Balaban J connectivity index is 1.52. The number of carbonyl (C=O) groups excluding carboxylic acids is 1. The normalized spacial score (nSPS) is 20.9. The Kier molecular flexibility index (Phi) is 5.07. The molecule has 2 fully saturated rings. The first kappa shape index (κ1) is 17.9. The van der Waals surface area contributed by atoms with Gasteiger partial charge in [0, 0.05) is 32.3 Å². The SMILES string of the molecule is Cn1c(CN2CCCC2)nnc1[C@@H]1CCCN(c2ncccc2C(N)=O)C1. The highest BCUT2D eigenvalue weighted by Crippen LogP contribution is 2.30. The number of likely N-dealkylation sites (tertiary alicyclic amines) is 1. The number of primary amides is 1. The maximum Gasteiger partial charge on any atom is 0.252 e. The first-order chi connectivity index (χ1) is 13.1. The monoisotopic (exact) mass is 369 g/mol. The van der Waals surface area contributed by atoms with E-state index in [1.165, 1.54) is 12.8 Å². The zero-order chi connectivity index (χ0) is 18.8. The van der Waals surface area contributed by atoms with Gasteiger partial charge in [-0.15, -0.1) is 10.2 Å². The lowest BCUT2D eigenvalue weighted by atomic mass is 9.96. The zero-order valence-corrected chi connectivity index (χ0v) is 15.8. The minimum atomic E-state index is -0.438. The molecule has 8 nitrogen and oxygen atoms in total. The number of hydrogen-bond acceptors (Lipinski definition) is 6. The lowest BCUT2D eigenvalue weighted by molar-refractivity contribution is 0.100. The number of amides is 1. The molecule has 0 aliphatic carbocycles. The van der Waals surface area contributed by atoms with Gasteiger partial charge < -0.3 is 15.2 Å². The molecule has 2 aliphatic rings. The van der Waals surface area contributed by atoms with Crippen LogP contribution in [0.1, 0.15) is 53.6 Å². The molecule has 0 unspecified atom stereocenters. The molecule has 0 aromatic carbocycles. The predicted molar refractivity (Wildman–Crippen MR) is 102 cm³/mol. The second-order valence-electron chi connectivity index (χ2n) is 7.54. The number of carbonyl (C=O) groups is 1. The topological polar surface area (TPSA) is 93.2 Å². The van der Waals surface area contributed by atoms with E-state index in [4.69, 9.17) is 5.73 Å². The summed E-state index contributed by atoms with van der Waals surface area (Å²) in [6, 6.07) is 3.49. The molecule has 1 amide bonds. The molecule has 1 atom stereocenters. The Bertz CT molecular complexity index is 812. The molecule has 0 radical (unpaired) electrons. The Labute approximate surface area is 159 Å². The largest absolute Gasteiger partial charge is 0.365 e. The Hall–Kier alpha value is -2.48. The minimum absolute atomic E-state index is 0.270. The zero-order valence-electron chi connectivity index (χ0n) is 15.8. The molecule has 144 valence electrons.